The number of hydrogen-bond donors (Lipinski definition) is 1. The van der Waals surface area contributed by atoms with Crippen LogP contribution in [0.5, 0.6) is 17.4 Å². The van der Waals surface area contributed by atoms with E-state index in [1.54, 1.807) is 12.1 Å². The van der Waals surface area contributed by atoms with E-state index in [4.69, 9.17) is 16.3 Å². The van der Waals surface area contributed by atoms with E-state index < -0.39 is 0 Å². The lowest BCUT2D eigenvalue weighted by atomic mass is 10.2. The molecule has 5 heteroatoms. The number of ether oxygens (including phenoxy) is 1. The maximum absolute atomic E-state index is 9.62. The largest absolute Gasteiger partial charge is 0.504 e. The minimum atomic E-state index is 0.0572. The highest BCUT2D eigenvalue weighted by Gasteiger charge is 2.05. The zero-order chi connectivity index (χ0) is 11.5. The summed E-state index contributed by atoms with van der Waals surface area (Å²) in [5.41, 5.74) is 0.946. The van der Waals surface area contributed by atoms with Crippen molar-refractivity contribution in [2.75, 3.05) is 0 Å². The lowest BCUT2D eigenvalue weighted by Crippen LogP contribution is -1.90. The first-order chi connectivity index (χ1) is 7.65. The first kappa shape index (κ1) is 10.7. The molecular weight excluding hydrogens is 228 g/mol. The van der Waals surface area contributed by atoms with E-state index >= 15 is 0 Å². The van der Waals surface area contributed by atoms with Gasteiger partial charge in [-0.15, -0.1) is 5.10 Å². The summed E-state index contributed by atoms with van der Waals surface area (Å²) in [7, 11) is 0. The molecule has 82 valence electrons. The summed E-state index contributed by atoms with van der Waals surface area (Å²) >= 11 is 5.73. The fourth-order valence-corrected chi connectivity index (χ4v) is 1.34. The van der Waals surface area contributed by atoms with Crippen molar-refractivity contribution in [1.82, 2.24) is 10.2 Å². The van der Waals surface area contributed by atoms with Gasteiger partial charge < -0.3 is 9.84 Å². The van der Waals surface area contributed by atoms with Gasteiger partial charge in [-0.05, 0) is 24.6 Å². The SMILES string of the molecule is Cc1ccc(Oc2cc(Cl)cnn2)c(O)c1. The normalized spacial score (nSPS) is 10.1. The van der Waals surface area contributed by atoms with Crippen molar-refractivity contribution in [3.8, 4) is 17.4 Å². The Labute approximate surface area is 97.5 Å². The molecule has 4 nitrogen and oxygen atoms in total. The second-order valence-corrected chi connectivity index (χ2v) is 3.72. The number of rotatable bonds is 2. The van der Waals surface area contributed by atoms with E-state index in [2.05, 4.69) is 10.2 Å². The van der Waals surface area contributed by atoms with Crippen molar-refractivity contribution in [3.63, 3.8) is 0 Å². The Morgan fingerprint density at radius 2 is 2.12 bits per heavy atom. The molecule has 0 atom stereocenters. The number of halogens is 1. The molecule has 0 fully saturated rings. The van der Waals surface area contributed by atoms with Crippen LogP contribution in [0.2, 0.25) is 5.02 Å². The molecule has 16 heavy (non-hydrogen) atoms. The molecule has 0 radical (unpaired) electrons. The molecule has 0 aliphatic heterocycles. The Morgan fingerprint density at radius 1 is 1.31 bits per heavy atom. The fraction of sp³-hybridized carbons (Fsp3) is 0.0909. The average Bonchev–Trinajstić information content (AvgIpc) is 2.22. The number of aromatic nitrogens is 2. The Hall–Kier alpha value is -1.81. The number of aryl methyl sites for hydroxylation is 1. The maximum Gasteiger partial charge on any atom is 0.240 e. The third-order valence-electron chi connectivity index (χ3n) is 1.93. The summed E-state index contributed by atoms with van der Waals surface area (Å²) in [6.45, 7) is 1.88. The first-order valence-corrected chi connectivity index (χ1v) is 4.98. The summed E-state index contributed by atoms with van der Waals surface area (Å²) in [4.78, 5) is 0. The Morgan fingerprint density at radius 3 is 2.81 bits per heavy atom. The highest BCUT2D eigenvalue weighted by atomic mass is 35.5. The average molecular weight is 237 g/mol. The smallest absolute Gasteiger partial charge is 0.240 e. The van der Waals surface area contributed by atoms with Gasteiger partial charge in [0, 0.05) is 6.07 Å². The molecule has 1 aromatic heterocycles. The van der Waals surface area contributed by atoms with E-state index in [-0.39, 0.29) is 11.6 Å². The number of nitrogens with zero attached hydrogens (tertiary/aromatic N) is 2. The monoisotopic (exact) mass is 236 g/mol. The molecule has 0 saturated carbocycles. The van der Waals surface area contributed by atoms with Crippen LogP contribution in [0, 0.1) is 6.92 Å². The van der Waals surface area contributed by atoms with Crippen molar-refractivity contribution in [2.24, 2.45) is 0 Å². The Balaban J connectivity index is 2.27. The molecule has 1 heterocycles. The number of hydrogen-bond acceptors (Lipinski definition) is 4. The van der Waals surface area contributed by atoms with E-state index in [1.807, 2.05) is 13.0 Å². The second-order valence-electron chi connectivity index (χ2n) is 3.29. The van der Waals surface area contributed by atoms with Gasteiger partial charge in [-0.1, -0.05) is 17.7 Å². The van der Waals surface area contributed by atoms with Crippen molar-refractivity contribution in [2.45, 2.75) is 6.92 Å². The van der Waals surface area contributed by atoms with Crippen LogP contribution in [-0.2, 0) is 0 Å². The standard InChI is InChI=1S/C11H9ClN2O2/c1-7-2-3-10(9(15)4-7)16-11-5-8(12)6-13-14-11/h2-6,15H,1H3. The molecule has 0 saturated heterocycles. The summed E-state index contributed by atoms with van der Waals surface area (Å²) in [6.07, 6.45) is 1.41. The van der Waals surface area contributed by atoms with Gasteiger partial charge in [0.15, 0.2) is 11.5 Å². The highest BCUT2D eigenvalue weighted by Crippen LogP contribution is 2.30. The van der Waals surface area contributed by atoms with Gasteiger partial charge in [-0.25, -0.2) is 0 Å². The summed E-state index contributed by atoms with van der Waals surface area (Å²) in [5, 5.41) is 17.4. The van der Waals surface area contributed by atoms with Crippen molar-refractivity contribution in [1.29, 1.82) is 0 Å². The third kappa shape index (κ3) is 2.41. The van der Waals surface area contributed by atoms with Crippen LogP contribution in [-0.4, -0.2) is 15.3 Å². The van der Waals surface area contributed by atoms with Gasteiger partial charge >= 0.3 is 0 Å². The molecule has 0 unspecified atom stereocenters. The Bertz CT molecular complexity index is 517. The van der Waals surface area contributed by atoms with Crippen LogP contribution >= 0.6 is 11.6 Å². The van der Waals surface area contributed by atoms with Crippen LogP contribution in [0.1, 0.15) is 5.56 Å². The quantitative estimate of drug-likeness (QED) is 0.871. The first-order valence-electron chi connectivity index (χ1n) is 4.61. The van der Waals surface area contributed by atoms with Crippen molar-refractivity contribution < 1.29 is 9.84 Å². The Kier molecular flexibility index (Phi) is 2.92. The van der Waals surface area contributed by atoms with Crippen LogP contribution in [0.15, 0.2) is 30.5 Å². The molecule has 2 aromatic rings. The number of benzene rings is 1. The zero-order valence-corrected chi connectivity index (χ0v) is 9.27. The van der Waals surface area contributed by atoms with E-state index in [9.17, 15) is 5.11 Å². The highest BCUT2D eigenvalue weighted by molar-refractivity contribution is 6.30. The van der Waals surface area contributed by atoms with E-state index in [1.165, 1.54) is 12.3 Å². The topological polar surface area (TPSA) is 55.2 Å². The van der Waals surface area contributed by atoms with Gasteiger partial charge in [0.1, 0.15) is 0 Å². The van der Waals surface area contributed by atoms with E-state index in [0.717, 1.165) is 5.56 Å². The second kappa shape index (κ2) is 4.37. The molecule has 0 amide bonds. The van der Waals surface area contributed by atoms with Crippen LogP contribution < -0.4 is 4.74 Å². The maximum atomic E-state index is 9.62. The van der Waals surface area contributed by atoms with Crippen LogP contribution in [0.3, 0.4) is 0 Å². The summed E-state index contributed by atoms with van der Waals surface area (Å²) < 4.78 is 5.34. The van der Waals surface area contributed by atoms with Crippen molar-refractivity contribution >= 4 is 11.6 Å². The lowest BCUT2D eigenvalue weighted by molar-refractivity contribution is 0.399. The molecule has 1 N–H and O–H groups in total. The minimum absolute atomic E-state index is 0.0572. The van der Waals surface area contributed by atoms with Crippen molar-refractivity contribution in [3.05, 3.63) is 41.0 Å². The zero-order valence-electron chi connectivity index (χ0n) is 8.51. The van der Waals surface area contributed by atoms with Crippen LogP contribution in [0.4, 0.5) is 0 Å². The summed E-state index contributed by atoms with van der Waals surface area (Å²) in [6, 6.07) is 6.61. The fourth-order valence-electron chi connectivity index (χ4n) is 1.20. The lowest BCUT2D eigenvalue weighted by Gasteiger charge is -2.06. The number of phenols is 1. The molecule has 1 aromatic carbocycles. The molecule has 2 rings (SSSR count). The van der Waals surface area contributed by atoms with Gasteiger partial charge in [-0.2, -0.15) is 5.10 Å². The van der Waals surface area contributed by atoms with Crippen LogP contribution in [0.25, 0.3) is 0 Å². The van der Waals surface area contributed by atoms with Gasteiger partial charge in [0.25, 0.3) is 0 Å². The number of aromatic hydroxyl groups is 1. The van der Waals surface area contributed by atoms with Gasteiger partial charge in [-0.3, -0.25) is 0 Å². The molecule has 0 bridgehead atoms. The molecule has 0 spiro atoms. The van der Waals surface area contributed by atoms with Gasteiger partial charge in [0.05, 0.1) is 11.2 Å². The summed E-state index contributed by atoms with van der Waals surface area (Å²) in [5.74, 6) is 0.621. The minimum Gasteiger partial charge on any atom is -0.504 e. The number of phenolic OH excluding ortho intramolecular Hbond substituents is 1. The third-order valence-corrected chi connectivity index (χ3v) is 2.13. The molecular formula is C11H9ClN2O2. The van der Waals surface area contributed by atoms with E-state index in [0.29, 0.717) is 10.8 Å². The molecule has 0 aliphatic rings. The predicted octanol–water partition coefficient (Wildman–Crippen LogP) is 2.94. The van der Waals surface area contributed by atoms with Gasteiger partial charge in [0.2, 0.25) is 5.88 Å². The molecule has 0 aliphatic carbocycles. The predicted molar refractivity (Wildman–Crippen MR) is 60.0 cm³/mol.